The average molecular weight is 295 g/mol. The number of fused-ring (bicyclic) bond motifs is 1. The number of amides is 1. The van der Waals surface area contributed by atoms with Crippen LogP contribution in [0.2, 0.25) is 0 Å². The minimum Gasteiger partial charge on any atom is -0.389 e. The van der Waals surface area contributed by atoms with Gasteiger partial charge in [-0.2, -0.15) is 0 Å². The Balaban J connectivity index is 1.73. The lowest BCUT2D eigenvalue weighted by Crippen LogP contribution is -2.35. The van der Waals surface area contributed by atoms with E-state index in [4.69, 9.17) is 4.74 Å². The molecule has 4 nitrogen and oxygen atoms in total. The minimum atomic E-state index is -0.644. The summed E-state index contributed by atoms with van der Waals surface area (Å²) in [6.07, 6.45) is 2.92. The van der Waals surface area contributed by atoms with Crippen LogP contribution < -0.4 is 5.32 Å². The van der Waals surface area contributed by atoms with Crippen molar-refractivity contribution in [3.8, 4) is 0 Å². The predicted octanol–water partition coefficient (Wildman–Crippen LogP) is 1.39. The molecule has 0 heterocycles. The van der Waals surface area contributed by atoms with Crippen LogP contribution in [-0.2, 0) is 22.4 Å². The number of ether oxygens (including phenoxy) is 1. The summed E-state index contributed by atoms with van der Waals surface area (Å²) in [6, 6.07) is 6.45. The van der Waals surface area contributed by atoms with E-state index in [-0.39, 0.29) is 19.1 Å². The molecule has 1 aromatic carbocycles. The predicted molar refractivity (Wildman–Crippen MR) is 80.1 cm³/mol. The molecule has 0 aromatic heterocycles. The van der Waals surface area contributed by atoms with Crippen LogP contribution in [0.3, 0.4) is 0 Å². The molecule has 0 saturated heterocycles. The minimum absolute atomic E-state index is 0.0642. The molecule has 1 aliphatic carbocycles. The highest BCUT2D eigenvalue weighted by atomic mass is 32.2. The van der Waals surface area contributed by atoms with E-state index in [1.807, 2.05) is 0 Å². The van der Waals surface area contributed by atoms with Crippen LogP contribution in [0, 0.1) is 0 Å². The first-order valence-corrected chi connectivity index (χ1v) is 7.86. The van der Waals surface area contributed by atoms with Gasteiger partial charge in [0.15, 0.2) is 0 Å². The van der Waals surface area contributed by atoms with Gasteiger partial charge >= 0.3 is 0 Å². The summed E-state index contributed by atoms with van der Waals surface area (Å²) in [6.45, 7) is 0.468. The van der Waals surface area contributed by atoms with Crippen molar-refractivity contribution in [3.05, 3.63) is 29.3 Å². The average Bonchev–Trinajstić information content (AvgIpc) is 2.90. The van der Waals surface area contributed by atoms with E-state index >= 15 is 0 Å². The summed E-state index contributed by atoms with van der Waals surface area (Å²) in [5.41, 5.74) is 2.87. The second kappa shape index (κ2) is 7.67. The van der Waals surface area contributed by atoms with Crippen molar-refractivity contribution in [3.63, 3.8) is 0 Å². The quantitative estimate of drug-likeness (QED) is 0.746. The van der Waals surface area contributed by atoms with E-state index in [0.29, 0.717) is 5.75 Å². The molecule has 0 radical (unpaired) electrons. The SMILES string of the molecule is COCC(O)CNC(=O)CSc1ccc2c(c1)CCC2. The topological polar surface area (TPSA) is 58.6 Å². The molecule has 2 N–H and O–H groups in total. The van der Waals surface area contributed by atoms with Gasteiger partial charge in [0, 0.05) is 18.6 Å². The number of methoxy groups -OCH3 is 1. The lowest BCUT2D eigenvalue weighted by Gasteiger charge is -2.10. The Kier molecular flexibility index (Phi) is 5.88. The number of rotatable bonds is 7. The molecule has 0 bridgehead atoms. The molecule has 1 atom stereocenters. The molecule has 0 spiro atoms. The Morgan fingerprint density at radius 1 is 1.45 bits per heavy atom. The first kappa shape index (κ1) is 15.4. The second-order valence-electron chi connectivity index (χ2n) is 4.99. The number of benzene rings is 1. The maximum Gasteiger partial charge on any atom is 0.230 e. The van der Waals surface area contributed by atoms with Crippen molar-refractivity contribution in [2.45, 2.75) is 30.3 Å². The van der Waals surface area contributed by atoms with Crippen molar-refractivity contribution in [1.82, 2.24) is 5.32 Å². The van der Waals surface area contributed by atoms with Gasteiger partial charge in [0.1, 0.15) is 0 Å². The van der Waals surface area contributed by atoms with Crippen LogP contribution >= 0.6 is 11.8 Å². The van der Waals surface area contributed by atoms with Crippen LogP contribution in [0.25, 0.3) is 0 Å². The van der Waals surface area contributed by atoms with Crippen LogP contribution in [0.1, 0.15) is 17.5 Å². The molecule has 0 saturated carbocycles. The van der Waals surface area contributed by atoms with Crippen molar-refractivity contribution in [2.75, 3.05) is 26.0 Å². The van der Waals surface area contributed by atoms with Crippen molar-refractivity contribution >= 4 is 17.7 Å². The van der Waals surface area contributed by atoms with Gasteiger partial charge in [0.2, 0.25) is 5.91 Å². The van der Waals surface area contributed by atoms with Gasteiger partial charge in [-0.3, -0.25) is 4.79 Å². The maximum absolute atomic E-state index is 11.7. The Morgan fingerprint density at radius 2 is 2.25 bits per heavy atom. The summed E-state index contributed by atoms with van der Waals surface area (Å²) in [5, 5.41) is 12.1. The van der Waals surface area contributed by atoms with Crippen LogP contribution in [0.5, 0.6) is 0 Å². The molecule has 0 aliphatic heterocycles. The third-order valence-electron chi connectivity index (χ3n) is 3.33. The Bertz CT molecular complexity index is 464. The smallest absolute Gasteiger partial charge is 0.230 e. The number of nitrogens with one attached hydrogen (secondary N) is 1. The summed E-state index contributed by atoms with van der Waals surface area (Å²) in [4.78, 5) is 12.8. The van der Waals surface area contributed by atoms with Crippen molar-refractivity contribution < 1.29 is 14.6 Å². The van der Waals surface area contributed by atoms with Crippen LogP contribution in [0.4, 0.5) is 0 Å². The summed E-state index contributed by atoms with van der Waals surface area (Å²) in [7, 11) is 1.52. The Labute approximate surface area is 123 Å². The van der Waals surface area contributed by atoms with Gasteiger partial charge < -0.3 is 15.2 Å². The standard InChI is InChI=1S/C15H21NO3S/c1-19-9-13(17)8-16-15(18)10-20-14-6-5-11-3-2-4-12(11)7-14/h5-7,13,17H,2-4,8-10H2,1H3,(H,16,18). The lowest BCUT2D eigenvalue weighted by molar-refractivity contribution is -0.119. The largest absolute Gasteiger partial charge is 0.389 e. The van der Waals surface area contributed by atoms with Gasteiger partial charge in [0.05, 0.1) is 18.5 Å². The first-order valence-electron chi connectivity index (χ1n) is 6.87. The number of carbonyl (C=O) groups excluding carboxylic acids is 1. The maximum atomic E-state index is 11.7. The highest BCUT2D eigenvalue weighted by molar-refractivity contribution is 8.00. The Morgan fingerprint density at radius 3 is 3.05 bits per heavy atom. The van der Waals surface area contributed by atoms with E-state index in [2.05, 4.69) is 23.5 Å². The molecular weight excluding hydrogens is 274 g/mol. The molecule has 20 heavy (non-hydrogen) atoms. The summed E-state index contributed by atoms with van der Waals surface area (Å²) in [5.74, 6) is 0.309. The molecule has 1 aliphatic rings. The third-order valence-corrected chi connectivity index (χ3v) is 4.33. The highest BCUT2D eigenvalue weighted by Gasteiger charge is 2.12. The zero-order chi connectivity index (χ0) is 14.4. The van der Waals surface area contributed by atoms with E-state index in [1.165, 1.54) is 42.8 Å². The third kappa shape index (κ3) is 4.51. The van der Waals surface area contributed by atoms with Gasteiger partial charge in [-0.25, -0.2) is 0 Å². The molecule has 1 aromatic rings. The molecule has 0 fully saturated rings. The molecule has 1 unspecified atom stereocenters. The number of aryl methyl sites for hydroxylation is 2. The fourth-order valence-corrected chi connectivity index (χ4v) is 3.11. The number of carbonyl (C=O) groups is 1. The van der Waals surface area contributed by atoms with Crippen LogP contribution in [-0.4, -0.2) is 43.1 Å². The first-order chi connectivity index (χ1) is 9.69. The molecule has 1 amide bonds. The highest BCUT2D eigenvalue weighted by Crippen LogP contribution is 2.27. The fraction of sp³-hybridized carbons (Fsp3) is 0.533. The normalized spacial score (nSPS) is 14.9. The van der Waals surface area contributed by atoms with Gasteiger partial charge in [-0.1, -0.05) is 6.07 Å². The lowest BCUT2D eigenvalue weighted by atomic mass is 10.1. The van der Waals surface area contributed by atoms with E-state index in [0.717, 1.165) is 11.3 Å². The van der Waals surface area contributed by atoms with E-state index in [1.54, 1.807) is 0 Å². The molecule has 2 rings (SSSR count). The van der Waals surface area contributed by atoms with Crippen LogP contribution in [0.15, 0.2) is 23.1 Å². The second-order valence-corrected chi connectivity index (χ2v) is 6.03. The monoisotopic (exact) mass is 295 g/mol. The van der Waals surface area contributed by atoms with Gasteiger partial charge in [-0.05, 0) is 42.5 Å². The fourth-order valence-electron chi connectivity index (χ4n) is 2.32. The number of aliphatic hydroxyl groups is 1. The number of thioether (sulfide) groups is 1. The molecule has 110 valence electrons. The summed E-state index contributed by atoms with van der Waals surface area (Å²) < 4.78 is 4.80. The molecular formula is C15H21NO3S. The van der Waals surface area contributed by atoms with Gasteiger partial charge in [0.25, 0.3) is 0 Å². The number of aliphatic hydroxyl groups excluding tert-OH is 1. The molecule has 5 heteroatoms. The van der Waals surface area contributed by atoms with E-state index in [9.17, 15) is 9.90 Å². The zero-order valence-electron chi connectivity index (χ0n) is 11.7. The van der Waals surface area contributed by atoms with Crippen molar-refractivity contribution in [2.24, 2.45) is 0 Å². The van der Waals surface area contributed by atoms with E-state index < -0.39 is 6.10 Å². The number of hydrogen-bond donors (Lipinski definition) is 2. The Hall–Kier alpha value is -1.04. The zero-order valence-corrected chi connectivity index (χ0v) is 12.5. The summed E-state index contributed by atoms with van der Waals surface area (Å²) >= 11 is 1.53. The van der Waals surface area contributed by atoms with Gasteiger partial charge in [-0.15, -0.1) is 11.8 Å². The van der Waals surface area contributed by atoms with Crippen molar-refractivity contribution in [1.29, 1.82) is 0 Å². The number of hydrogen-bond acceptors (Lipinski definition) is 4.